The fourth-order valence-electron chi connectivity index (χ4n) is 6.59. The number of ether oxygens (including phenoxy) is 3. The Kier molecular flexibility index (Phi) is 28.3. The van der Waals surface area contributed by atoms with Crippen LogP contribution in [0, 0.1) is 5.92 Å². The summed E-state index contributed by atoms with van der Waals surface area (Å²) in [4.78, 5) is 12.5. The summed E-state index contributed by atoms with van der Waals surface area (Å²) < 4.78 is 16.7. The summed E-state index contributed by atoms with van der Waals surface area (Å²) in [6.07, 6.45) is 22.2. The van der Waals surface area contributed by atoms with Crippen LogP contribution in [-0.2, 0) is 19.0 Å². The van der Waals surface area contributed by atoms with E-state index in [4.69, 9.17) is 14.2 Å². The van der Waals surface area contributed by atoms with Crippen molar-refractivity contribution in [2.45, 2.75) is 218 Å². The van der Waals surface area contributed by atoms with Crippen molar-refractivity contribution in [3.05, 3.63) is 0 Å². The molecule has 1 fully saturated rings. The number of aliphatic hydroxyl groups excluding tert-OH is 4. The van der Waals surface area contributed by atoms with Crippen molar-refractivity contribution < 1.29 is 39.4 Å². The second-order valence-electron chi connectivity index (χ2n) is 14.5. The van der Waals surface area contributed by atoms with E-state index in [0.717, 1.165) is 31.6 Å². The lowest BCUT2D eigenvalue weighted by atomic mass is 9.96. The maximum absolute atomic E-state index is 12.5. The first kappa shape index (κ1) is 44.3. The average molecular weight is 673 g/mol. The Morgan fingerprint density at radius 2 is 1.02 bits per heavy atom. The number of esters is 1. The predicted octanol–water partition coefficient (Wildman–Crippen LogP) is 8.19. The van der Waals surface area contributed by atoms with E-state index in [2.05, 4.69) is 20.8 Å². The van der Waals surface area contributed by atoms with Gasteiger partial charge in [0.1, 0.15) is 30.5 Å². The summed E-state index contributed by atoms with van der Waals surface area (Å²) in [5, 5.41) is 41.3. The lowest BCUT2D eigenvalue weighted by Gasteiger charge is -2.24. The van der Waals surface area contributed by atoms with Crippen LogP contribution < -0.4 is 0 Å². The monoisotopic (exact) mass is 673 g/mol. The van der Waals surface area contributed by atoms with Gasteiger partial charge in [-0.05, 0) is 18.8 Å². The van der Waals surface area contributed by atoms with E-state index in [1.807, 2.05) is 0 Å². The van der Waals surface area contributed by atoms with Crippen molar-refractivity contribution in [3.8, 4) is 0 Å². The van der Waals surface area contributed by atoms with Crippen LogP contribution in [0.15, 0.2) is 0 Å². The van der Waals surface area contributed by atoms with Crippen LogP contribution in [0.4, 0.5) is 0 Å². The molecule has 0 aromatic heterocycles. The Bertz CT molecular complexity index is 706. The van der Waals surface area contributed by atoms with Gasteiger partial charge < -0.3 is 34.6 Å². The van der Waals surface area contributed by atoms with Crippen molar-refractivity contribution >= 4 is 5.97 Å². The summed E-state index contributed by atoms with van der Waals surface area (Å²) in [7, 11) is 0. The van der Waals surface area contributed by atoms with Gasteiger partial charge in [0, 0.05) is 13.0 Å². The molecule has 0 amide bonds. The third kappa shape index (κ3) is 22.5. The minimum atomic E-state index is -1.49. The summed E-state index contributed by atoms with van der Waals surface area (Å²) in [5.41, 5.74) is 0. The molecule has 0 radical (unpaired) electrons. The average Bonchev–Trinajstić information content (AvgIpc) is 3.25. The fraction of sp³-hybridized carbons (Fsp3) is 0.974. The third-order valence-corrected chi connectivity index (χ3v) is 9.78. The molecular formula is C39H76O8. The van der Waals surface area contributed by atoms with Crippen molar-refractivity contribution in [1.82, 2.24) is 0 Å². The van der Waals surface area contributed by atoms with E-state index in [9.17, 15) is 25.2 Å². The topological polar surface area (TPSA) is 126 Å². The van der Waals surface area contributed by atoms with Gasteiger partial charge in [0.25, 0.3) is 0 Å². The van der Waals surface area contributed by atoms with Gasteiger partial charge in [0.05, 0.1) is 13.2 Å². The number of carbonyl (C=O) groups is 1. The molecule has 280 valence electrons. The Balaban J connectivity index is 2.10. The number of aliphatic hydroxyl groups is 4. The molecule has 0 bridgehead atoms. The largest absolute Gasteiger partial charge is 0.457 e. The van der Waals surface area contributed by atoms with Gasteiger partial charge >= 0.3 is 5.97 Å². The molecule has 0 aromatic carbocycles. The summed E-state index contributed by atoms with van der Waals surface area (Å²) in [5.74, 6) is 0.380. The maximum atomic E-state index is 12.5. The zero-order valence-electron chi connectivity index (χ0n) is 30.8. The molecule has 1 aliphatic rings. The standard InChI is InChI=1S/C39H76O8/c1-4-6-8-10-11-12-13-14-17-20-24-28-34(41)47-39-37(44)35(42)36(43)38(39)46-31-33(40)30-45-29-25-21-18-15-16-19-23-27-32(3)26-22-9-7-5-2/h32-33,35-40,42-44H,4-31H2,1-3H3/t32-,33+,35+,36+,37-,38-,39+/m1/s1. The molecule has 8 nitrogen and oxygen atoms in total. The lowest BCUT2D eigenvalue weighted by molar-refractivity contribution is -0.168. The normalized spacial score (nSPS) is 22.5. The first-order chi connectivity index (χ1) is 22.8. The molecule has 0 heterocycles. The number of carbonyl (C=O) groups excluding carboxylic acids is 1. The predicted molar refractivity (Wildman–Crippen MR) is 190 cm³/mol. The highest BCUT2D eigenvalue weighted by Gasteiger charge is 2.52. The minimum absolute atomic E-state index is 0.0911. The molecule has 0 aromatic rings. The van der Waals surface area contributed by atoms with E-state index in [1.54, 1.807) is 0 Å². The van der Waals surface area contributed by atoms with Gasteiger partial charge in [-0.3, -0.25) is 4.79 Å². The van der Waals surface area contributed by atoms with Gasteiger partial charge in [0.15, 0.2) is 6.10 Å². The highest BCUT2D eigenvalue weighted by molar-refractivity contribution is 5.69. The smallest absolute Gasteiger partial charge is 0.306 e. The van der Waals surface area contributed by atoms with Crippen LogP contribution in [0.25, 0.3) is 0 Å². The second-order valence-corrected chi connectivity index (χ2v) is 14.5. The molecule has 0 saturated heterocycles. The molecule has 1 rings (SSSR count). The van der Waals surface area contributed by atoms with Crippen molar-refractivity contribution in [2.75, 3.05) is 19.8 Å². The van der Waals surface area contributed by atoms with E-state index >= 15 is 0 Å². The second kappa shape index (κ2) is 30.1. The van der Waals surface area contributed by atoms with E-state index < -0.39 is 42.6 Å². The molecule has 0 unspecified atom stereocenters. The van der Waals surface area contributed by atoms with Crippen LogP contribution in [0.5, 0.6) is 0 Å². The molecule has 1 saturated carbocycles. The zero-order chi connectivity index (χ0) is 34.5. The summed E-state index contributed by atoms with van der Waals surface area (Å²) >= 11 is 0. The van der Waals surface area contributed by atoms with Crippen LogP contribution in [0.3, 0.4) is 0 Å². The highest BCUT2D eigenvalue weighted by atomic mass is 16.6. The minimum Gasteiger partial charge on any atom is -0.457 e. The zero-order valence-corrected chi connectivity index (χ0v) is 30.8. The third-order valence-electron chi connectivity index (χ3n) is 9.78. The van der Waals surface area contributed by atoms with Gasteiger partial charge in [0.2, 0.25) is 0 Å². The van der Waals surface area contributed by atoms with Gasteiger partial charge in [-0.15, -0.1) is 0 Å². The molecule has 1 aliphatic carbocycles. The Labute approximate surface area is 288 Å². The number of hydrogen-bond donors (Lipinski definition) is 4. The highest BCUT2D eigenvalue weighted by Crippen LogP contribution is 2.28. The van der Waals surface area contributed by atoms with Crippen LogP contribution in [0.1, 0.15) is 181 Å². The molecule has 47 heavy (non-hydrogen) atoms. The van der Waals surface area contributed by atoms with Crippen LogP contribution >= 0.6 is 0 Å². The fourth-order valence-corrected chi connectivity index (χ4v) is 6.59. The molecule has 4 N–H and O–H groups in total. The van der Waals surface area contributed by atoms with Crippen molar-refractivity contribution in [1.29, 1.82) is 0 Å². The van der Waals surface area contributed by atoms with Crippen LogP contribution in [-0.4, -0.2) is 82.8 Å². The molecule has 0 spiro atoms. The van der Waals surface area contributed by atoms with Gasteiger partial charge in [-0.2, -0.15) is 0 Å². The maximum Gasteiger partial charge on any atom is 0.306 e. The number of unbranched alkanes of at least 4 members (excludes halogenated alkanes) is 19. The molecular weight excluding hydrogens is 596 g/mol. The Morgan fingerprint density at radius 1 is 0.574 bits per heavy atom. The molecule has 7 atom stereocenters. The van der Waals surface area contributed by atoms with E-state index in [-0.39, 0.29) is 19.6 Å². The number of rotatable bonds is 33. The van der Waals surface area contributed by atoms with E-state index in [0.29, 0.717) is 13.0 Å². The summed E-state index contributed by atoms with van der Waals surface area (Å²) in [6.45, 7) is 7.39. The lowest BCUT2D eigenvalue weighted by Crippen LogP contribution is -2.41. The van der Waals surface area contributed by atoms with Crippen LogP contribution in [0.2, 0.25) is 0 Å². The first-order valence-electron chi connectivity index (χ1n) is 19.9. The number of hydrogen-bond acceptors (Lipinski definition) is 8. The summed E-state index contributed by atoms with van der Waals surface area (Å²) in [6, 6.07) is 0. The quantitative estimate of drug-likeness (QED) is 0.0406. The van der Waals surface area contributed by atoms with Crippen molar-refractivity contribution in [2.24, 2.45) is 5.92 Å². The Morgan fingerprint density at radius 3 is 1.57 bits per heavy atom. The van der Waals surface area contributed by atoms with Gasteiger partial charge in [-0.25, -0.2) is 0 Å². The molecule has 8 heteroatoms. The van der Waals surface area contributed by atoms with Gasteiger partial charge in [-0.1, -0.05) is 162 Å². The Hall–Kier alpha value is -0.770. The SMILES string of the molecule is CCCCCCCCCCCCCC(=O)O[C@H]1[C@H](O)[C@@H](O)[C@H](O)[C@H]1OC[C@@H](O)COCCCCCCCCC[C@H](C)CCCCCC. The molecule has 0 aliphatic heterocycles. The first-order valence-corrected chi connectivity index (χ1v) is 19.9. The van der Waals surface area contributed by atoms with Crippen molar-refractivity contribution in [3.63, 3.8) is 0 Å². The van der Waals surface area contributed by atoms with E-state index in [1.165, 1.54) is 122 Å².